The Kier molecular flexibility index (Phi) is 3.04. The van der Waals surface area contributed by atoms with Crippen molar-refractivity contribution >= 4 is 0 Å². The Morgan fingerprint density at radius 2 is 2.12 bits per heavy atom. The molecule has 0 aliphatic rings. The summed E-state index contributed by atoms with van der Waals surface area (Å²) in [7, 11) is 0. The largest absolute Gasteiger partial charge is 0.237 e. The molecule has 0 aromatic carbocycles. The van der Waals surface area contributed by atoms with Crippen molar-refractivity contribution in [1.29, 1.82) is 0 Å². The molecule has 3 heteroatoms. The zero-order valence-electron chi connectivity index (χ0n) is 10.0. The van der Waals surface area contributed by atoms with Crippen LogP contribution in [0.1, 0.15) is 37.9 Å². The molecule has 2 aromatic rings. The van der Waals surface area contributed by atoms with Gasteiger partial charge in [-0.2, -0.15) is 5.10 Å². The van der Waals surface area contributed by atoms with E-state index in [0.717, 1.165) is 12.2 Å². The molecule has 0 radical (unpaired) electrons. The molecule has 0 fully saturated rings. The molecular formula is C13H17N3. The molecular weight excluding hydrogens is 198 g/mol. The quantitative estimate of drug-likeness (QED) is 0.788. The number of pyridine rings is 1. The summed E-state index contributed by atoms with van der Waals surface area (Å²) in [6.07, 6.45) is 4.73. The molecule has 0 spiro atoms. The van der Waals surface area contributed by atoms with Crippen molar-refractivity contribution in [2.24, 2.45) is 0 Å². The smallest absolute Gasteiger partial charge is 0.153 e. The SMILES string of the molecule is CCc1c(C(C)C)cnn1-c1ccccn1. The van der Waals surface area contributed by atoms with Crippen LogP contribution in [0.3, 0.4) is 0 Å². The van der Waals surface area contributed by atoms with E-state index in [-0.39, 0.29) is 0 Å². The maximum atomic E-state index is 4.43. The van der Waals surface area contributed by atoms with Gasteiger partial charge in [-0.05, 0) is 30.0 Å². The van der Waals surface area contributed by atoms with Crippen LogP contribution in [0.2, 0.25) is 0 Å². The third kappa shape index (κ3) is 1.85. The third-order valence-electron chi connectivity index (χ3n) is 2.72. The fourth-order valence-electron chi connectivity index (χ4n) is 1.90. The molecule has 0 unspecified atom stereocenters. The summed E-state index contributed by atoms with van der Waals surface area (Å²) in [4.78, 5) is 4.33. The highest BCUT2D eigenvalue weighted by Crippen LogP contribution is 2.21. The van der Waals surface area contributed by atoms with Gasteiger partial charge < -0.3 is 0 Å². The molecule has 0 saturated heterocycles. The van der Waals surface area contributed by atoms with Gasteiger partial charge >= 0.3 is 0 Å². The maximum absolute atomic E-state index is 4.43. The minimum Gasteiger partial charge on any atom is -0.237 e. The van der Waals surface area contributed by atoms with Gasteiger partial charge in [-0.1, -0.05) is 26.8 Å². The summed E-state index contributed by atoms with van der Waals surface area (Å²) in [5.41, 5.74) is 2.57. The van der Waals surface area contributed by atoms with Crippen LogP contribution in [-0.2, 0) is 6.42 Å². The van der Waals surface area contributed by atoms with E-state index in [2.05, 4.69) is 30.9 Å². The van der Waals surface area contributed by atoms with Gasteiger partial charge in [0.1, 0.15) is 0 Å². The molecule has 0 amide bonds. The van der Waals surface area contributed by atoms with Gasteiger partial charge in [-0.15, -0.1) is 0 Å². The van der Waals surface area contributed by atoms with Crippen LogP contribution < -0.4 is 0 Å². The first-order chi connectivity index (χ1) is 7.74. The van der Waals surface area contributed by atoms with Gasteiger partial charge in [0, 0.05) is 11.9 Å². The molecule has 84 valence electrons. The predicted molar refractivity (Wildman–Crippen MR) is 64.8 cm³/mol. The molecule has 2 rings (SSSR count). The molecule has 2 heterocycles. The van der Waals surface area contributed by atoms with Crippen molar-refractivity contribution in [2.45, 2.75) is 33.1 Å². The molecule has 0 atom stereocenters. The van der Waals surface area contributed by atoms with Crippen LogP contribution in [0.4, 0.5) is 0 Å². The Bertz CT molecular complexity index is 457. The van der Waals surface area contributed by atoms with Gasteiger partial charge in [-0.25, -0.2) is 9.67 Å². The summed E-state index contributed by atoms with van der Waals surface area (Å²) in [6.45, 7) is 6.54. The van der Waals surface area contributed by atoms with Crippen molar-refractivity contribution in [3.63, 3.8) is 0 Å². The zero-order valence-corrected chi connectivity index (χ0v) is 10.0. The first-order valence-electron chi connectivity index (χ1n) is 5.72. The topological polar surface area (TPSA) is 30.7 Å². The van der Waals surface area contributed by atoms with Crippen LogP contribution in [0, 0.1) is 0 Å². The van der Waals surface area contributed by atoms with Gasteiger partial charge in [0.25, 0.3) is 0 Å². The van der Waals surface area contributed by atoms with Gasteiger partial charge in [0.05, 0.1) is 6.20 Å². The fourth-order valence-corrected chi connectivity index (χ4v) is 1.90. The van der Waals surface area contributed by atoms with Crippen molar-refractivity contribution < 1.29 is 0 Å². The summed E-state index contributed by atoms with van der Waals surface area (Å²) in [5.74, 6) is 1.40. The average molecular weight is 215 g/mol. The predicted octanol–water partition coefficient (Wildman–Crippen LogP) is 2.95. The normalized spacial score (nSPS) is 11.0. The molecule has 0 aliphatic carbocycles. The lowest BCUT2D eigenvalue weighted by molar-refractivity contribution is 0.772. The molecule has 2 aromatic heterocycles. The second-order valence-electron chi connectivity index (χ2n) is 4.15. The van der Waals surface area contributed by atoms with Crippen molar-refractivity contribution in [3.05, 3.63) is 41.9 Å². The highest BCUT2D eigenvalue weighted by atomic mass is 15.3. The van der Waals surface area contributed by atoms with E-state index < -0.39 is 0 Å². The molecule has 0 bridgehead atoms. The van der Waals surface area contributed by atoms with E-state index in [4.69, 9.17) is 0 Å². The first-order valence-corrected chi connectivity index (χ1v) is 5.72. The van der Waals surface area contributed by atoms with Gasteiger partial charge in [-0.3, -0.25) is 0 Å². The van der Waals surface area contributed by atoms with Gasteiger partial charge in [0.2, 0.25) is 0 Å². The van der Waals surface area contributed by atoms with E-state index in [0.29, 0.717) is 5.92 Å². The Labute approximate surface area is 96.1 Å². The van der Waals surface area contributed by atoms with E-state index >= 15 is 0 Å². The molecule has 0 saturated carbocycles. The summed E-state index contributed by atoms with van der Waals surface area (Å²) >= 11 is 0. The minimum atomic E-state index is 0.507. The van der Waals surface area contributed by atoms with E-state index in [1.54, 1.807) is 6.20 Å². The molecule has 3 nitrogen and oxygen atoms in total. The summed E-state index contributed by atoms with van der Waals surface area (Å²) in [6, 6.07) is 5.89. The van der Waals surface area contributed by atoms with Crippen LogP contribution >= 0.6 is 0 Å². The Hall–Kier alpha value is -1.64. The third-order valence-corrected chi connectivity index (χ3v) is 2.72. The number of nitrogens with zero attached hydrogens (tertiary/aromatic N) is 3. The second kappa shape index (κ2) is 4.47. The molecule has 16 heavy (non-hydrogen) atoms. The lowest BCUT2D eigenvalue weighted by atomic mass is 10.0. The van der Waals surface area contributed by atoms with Crippen LogP contribution in [0.15, 0.2) is 30.6 Å². The second-order valence-corrected chi connectivity index (χ2v) is 4.15. The fraction of sp³-hybridized carbons (Fsp3) is 0.385. The minimum absolute atomic E-state index is 0.507. The monoisotopic (exact) mass is 215 g/mol. The lowest BCUT2D eigenvalue weighted by Crippen LogP contribution is -2.04. The molecule has 0 N–H and O–H groups in total. The number of hydrogen-bond donors (Lipinski definition) is 0. The van der Waals surface area contributed by atoms with Gasteiger partial charge in [0.15, 0.2) is 5.82 Å². The summed E-state index contributed by atoms with van der Waals surface area (Å²) < 4.78 is 1.94. The number of aromatic nitrogens is 3. The van der Waals surface area contributed by atoms with Crippen LogP contribution in [0.25, 0.3) is 5.82 Å². The maximum Gasteiger partial charge on any atom is 0.153 e. The number of hydrogen-bond acceptors (Lipinski definition) is 2. The highest BCUT2D eigenvalue weighted by molar-refractivity contribution is 5.30. The Balaban J connectivity index is 2.50. The van der Waals surface area contributed by atoms with E-state index in [1.807, 2.05) is 29.1 Å². The zero-order chi connectivity index (χ0) is 11.5. The first kappa shape index (κ1) is 10.9. The van der Waals surface area contributed by atoms with Crippen LogP contribution in [-0.4, -0.2) is 14.8 Å². The van der Waals surface area contributed by atoms with Crippen LogP contribution in [0.5, 0.6) is 0 Å². The van der Waals surface area contributed by atoms with E-state index in [9.17, 15) is 0 Å². The standard InChI is InChI=1S/C13H17N3/c1-4-12-11(10(2)3)9-15-16(12)13-7-5-6-8-14-13/h5-10H,4H2,1-3H3. The van der Waals surface area contributed by atoms with Crippen molar-refractivity contribution in [1.82, 2.24) is 14.8 Å². The lowest BCUT2D eigenvalue weighted by Gasteiger charge is -2.08. The average Bonchev–Trinajstić information content (AvgIpc) is 2.73. The van der Waals surface area contributed by atoms with E-state index in [1.165, 1.54) is 11.3 Å². The van der Waals surface area contributed by atoms with Crippen molar-refractivity contribution in [2.75, 3.05) is 0 Å². The highest BCUT2D eigenvalue weighted by Gasteiger charge is 2.13. The summed E-state index contributed by atoms with van der Waals surface area (Å²) in [5, 5.41) is 4.43. The number of rotatable bonds is 3. The van der Waals surface area contributed by atoms with Crippen molar-refractivity contribution in [3.8, 4) is 5.82 Å². The molecule has 0 aliphatic heterocycles. The Morgan fingerprint density at radius 3 is 2.69 bits per heavy atom. The Morgan fingerprint density at radius 1 is 1.31 bits per heavy atom.